The summed E-state index contributed by atoms with van der Waals surface area (Å²) in [6.45, 7) is 3.89. The lowest BCUT2D eigenvalue weighted by Gasteiger charge is -2.37. The molecular formula is C34H27NO3. The van der Waals surface area contributed by atoms with Crippen molar-refractivity contribution in [2.45, 2.75) is 20.3 Å². The van der Waals surface area contributed by atoms with Crippen molar-refractivity contribution in [1.29, 1.82) is 0 Å². The van der Waals surface area contributed by atoms with E-state index in [0.717, 1.165) is 33.0 Å². The first-order valence-electron chi connectivity index (χ1n) is 13.2. The van der Waals surface area contributed by atoms with E-state index in [0.29, 0.717) is 12.1 Å². The van der Waals surface area contributed by atoms with Gasteiger partial charge in [-0.25, -0.2) is 4.90 Å². The lowest BCUT2D eigenvalue weighted by molar-refractivity contribution is -0.134. The number of rotatable bonds is 4. The van der Waals surface area contributed by atoms with Crippen LogP contribution in [0.1, 0.15) is 31.4 Å². The van der Waals surface area contributed by atoms with Crippen LogP contribution in [-0.4, -0.2) is 17.6 Å². The van der Waals surface area contributed by atoms with E-state index in [1.165, 1.54) is 4.90 Å². The van der Waals surface area contributed by atoms with Gasteiger partial charge in [0.25, 0.3) is 0 Å². The lowest BCUT2D eigenvalue weighted by atomic mass is 9.62. The zero-order chi connectivity index (χ0) is 26.2. The Morgan fingerprint density at radius 2 is 1.21 bits per heavy atom. The molecule has 0 aromatic heterocycles. The van der Waals surface area contributed by atoms with Crippen molar-refractivity contribution in [2.75, 3.05) is 4.90 Å². The van der Waals surface area contributed by atoms with Crippen molar-refractivity contribution in [3.63, 3.8) is 0 Å². The average Bonchev–Trinajstić information content (AvgIpc) is 3.43. The van der Waals surface area contributed by atoms with Crippen LogP contribution < -0.4 is 4.90 Å². The molecule has 0 N–H and O–H groups in total. The second-order valence-corrected chi connectivity index (χ2v) is 10.8. The molecule has 2 fully saturated rings. The number of benzene rings is 4. The molecule has 4 atom stereocenters. The zero-order valence-corrected chi connectivity index (χ0v) is 21.3. The number of hydrogen-bond acceptors (Lipinski definition) is 3. The molecule has 4 nitrogen and oxygen atoms in total. The number of carbonyl (C=O) groups is 3. The molecule has 4 heteroatoms. The normalized spacial score (nSPS) is 28.1. The summed E-state index contributed by atoms with van der Waals surface area (Å²) in [5, 5.41) is 1.82. The quantitative estimate of drug-likeness (QED) is 0.300. The molecule has 2 aliphatic carbocycles. The summed E-state index contributed by atoms with van der Waals surface area (Å²) < 4.78 is 0. The summed E-state index contributed by atoms with van der Waals surface area (Å²) in [7, 11) is 0. The Balaban J connectivity index is 1.51. The Kier molecular flexibility index (Phi) is 4.72. The predicted molar refractivity (Wildman–Crippen MR) is 149 cm³/mol. The van der Waals surface area contributed by atoms with Gasteiger partial charge < -0.3 is 0 Å². The van der Waals surface area contributed by atoms with Crippen LogP contribution >= 0.6 is 0 Å². The molecule has 1 saturated heterocycles. The Morgan fingerprint density at radius 1 is 0.658 bits per heavy atom. The van der Waals surface area contributed by atoms with E-state index in [2.05, 4.69) is 0 Å². The van der Waals surface area contributed by atoms with Gasteiger partial charge in [-0.3, -0.25) is 14.4 Å². The zero-order valence-electron chi connectivity index (χ0n) is 21.3. The number of hydrogen-bond donors (Lipinski definition) is 0. The van der Waals surface area contributed by atoms with E-state index < -0.39 is 22.7 Å². The minimum atomic E-state index is -1.11. The minimum absolute atomic E-state index is 0.000485. The average molecular weight is 498 g/mol. The largest absolute Gasteiger partial charge is 0.298 e. The minimum Gasteiger partial charge on any atom is -0.298 e. The SMILES string of the molecule is CC[C@@]12C(=O)[C@@](C)(C(c3ccccc3)=C1c1ccccc1)[C@H]1C(=O)N(c3cccc4ccccc34)C(=O)[C@@H]12. The fraction of sp³-hybridized carbons (Fsp3) is 0.206. The van der Waals surface area contributed by atoms with E-state index in [4.69, 9.17) is 0 Å². The highest BCUT2D eigenvalue weighted by atomic mass is 16.2. The summed E-state index contributed by atoms with van der Waals surface area (Å²) in [6.07, 6.45) is 0.450. The Morgan fingerprint density at radius 3 is 1.87 bits per heavy atom. The second kappa shape index (κ2) is 7.84. The number of anilines is 1. The highest BCUT2D eigenvalue weighted by molar-refractivity contribution is 6.35. The number of amides is 2. The lowest BCUT2D eigenvalue weighted by Crippen LogP contribution is -2.41. The molecule has 0 spiro atoms. The van der Waals surface area contributed by atoms with E-state index in [1.54, 1.807) is 0 Å². The van der Waals surface area contributed by atoms with Crippen molar-refractivity contribution in [3.8, 4) is 0 Å². The highest BCUT2D eigenvalue weighted by Crippen LogP contribution is 2.74. The second-order valence-electron chi connectivity index (χ2n) is 10.8. The van der Waals surface area contributed by atoms with E-state index in [9.17, 15) is 14.4 Å². The van der Waals surface area contributed by atoms with Gasteiger partial charge in [0.2, 0.25) is 11.8 Å². The third kappa shape index (κ3) is 2.57. The summed E-state index contributed by atoms with van der Waals surface area (Å²) >= 11 is 0. The molecule has 0 radical (unpaired) electrons. The van der Waals surface area contributed by atoms with Crippen LogP contribution in [0.3, 0.4) is 0 Å². The molecule has 4 aromatic carbocycles. The van der Waals surface area contributed by atoms with Crippen LogP contribution in [0.5, 0.6) is 0 Å². The molecule has 1 saturated carbocycles. The van der Waals surface area contributed by atoms with Gasteiger partial charge in [-0.1, -0.05) is 104 Å². The first-order chi connectivity index (χ1) is 18.5. The van der Waals surface area contributed by atoms with Crippen LogP contribution in [0.15, 0.2) is 103 Å². The molecule has 7 rings (SSSR count). The number of imide groups is 1. The monoisotopic (exact) mass is 497 g/mol. The van der Waals surface area contributed by atoms with Gasteiger partial charge in [-0.15, -0.1) is 0 Å². The van der Waals surface area contributed by atoms with Crippen LogP contribution in [0, 0.1) is 22.7 Å². The Bertz CT molecular complexity index is 1680. The maximum Gasteiger partial charge on any atom is 0.239 e. The smallest absolute Gasteiger partial charge is 0.239 e. The predicted octanol–water partition coefficient (Wildman–Crippen LogP) is 6.56. The molecule has 3 aliphatic rings. The summed E-state index contributed by atoms with van der Waals surface area (Å²) in [5.74, 6) is -2.03. The molecule has 186 valence electrons. The van der Waals surface area contributed by atoms with Crippen molar-refractivity contribution in [2.24, 2.45) is 22.7 Å². The fourth-order valence-electron chi connectivity index (χ4n) is 7.77. The number of nitrogens with zero attached hydrogens (tertiary/aromatic N) is 1. The Hall–Kier alpha value is -4.31. The van der Waals surface area contributed by atoms with Gasteiger partial charge in [-0.2, -0.15) is 0 Å². The summed E-state index contributed by atoms with van der Waals surface area (Å²) in [4.78, 5) is 44.8. The molecule has 1 heterocycles. The topological polar surface area (TPSA) is 54.5 Å². The molecular weight excluding hydrogens is 470 g/mol. The maximum atomic E-state index is 14.6. The standard InChI is InChI=1S/C34H27NO3/c1-3-34-27(23-16-8-5-9-17-23)26(22-14-6-4-7-15-22)33(2,32(34)38)28-29(34)31(37)35(30(28)36)25-20-12-18-21-13-10-11-19-24(21)25/h4-20,28-29H,3H2,1-2H3/t28-,29-,33+,34-/m1/s1. The summed E-state index contributed by atoms with van der Waals surface area (Å²) in [5.41, 5.74) is 2.07. The maximum absolute atomic E-state index is 14.6. The molecule has 1 aliphatic heterocycles. The first kappa shape index (κ1) is 22.9. The molecule has 38 heavy (non-hydrogen) atoms. The van der Waals surface area contributed by atoms with Gasteiger partial charge in [0, 0.05) is 5.39 Å². The Labute approximate surface area is 221 Å². The fourth-order valence-corrected chi connectivity index (χ4v) is 7.77. The van der Waals surface area contributed by atoms with Crippen molar-refractivity contribution < 1.29 is 14.4 Å². The van der Waals surface area contributed by atoms with Crippen LogP contribution in [0.2, 0.25) is 0 Å². The molecule has 4 aromatic rings. The highest BCUT2D eigenvalue weighted by Gasteiger charge is 2.79. The number of fused-ring (bicyclic) bond motifs is 6. The van der Waals surface area contributed by atoms with Gasteiger partial charge in [0.15, 0.2) is 5.78 Å². The van der Waals surface area contributed by atoms with Crippen LogP contribution in [0.25, 0.3) is 21.9 Å². The third-order valence-electron chi connectivity index (χ3n) is 9.24. The van der Waals surface area contributed by atoms with Gasteiger partial charge in [0.05, 0.1) is 28.4 Å². The number of Topliss-reactive ketones (excluding diaryl/α,β-unsaturated/α-hetero) is 1. The van der Waals surface area contributed by atoms with E-state index >= 15 is 0 Å². The third-order valence-corrected chi connectivity index (χ3v) is 9.24. The van der Waals surface area contributed by atoms with Gasteiger partial charge >= 0.3 is 0 Å². The molecule has 2 amide bonds. The van der Waals surface area contributed by atoms with Crippen molar-refractivity contribution >= 4 is 45.2 Å². The summed E-state index contributed by atoms with van der Waals surface area (Å²) in [6, 6.07) is 33.3. The van der Waals surface area contributed by atoms with Gasteiger partial charge in [-0.05, 0) is 47.1 Å². The number of carbonyl (C=O) groups excluding carboxylic acids is 3. The molecule has 2 bridgehead atoms. The van der Waals surface area contributed by atoms with E-state index in [1.807, 2.05) is 117 Å². The molecule has 0 unspecified atom stereocenters. The van der Waals surface area contributed by atoms with Crippen molar-refractivity contribution in [3.05, 3.63) is 114 Å². The van der Waals surface area contributed by atoms with Crippen LogP contribution in [-0.2, 0) is 14.4 Å². The van der Waals surface area contributed by atoms with Crippen LogP contribution in [0.4, 0.5) is 5.69 Å². The number of ketones is 1. The number of allylic oxidation sites excluding steroid dienone is 2. The first-order valence-corrected chi connectivity index (χ1v) is 13.2. The van der Waals surface area contributed by atoms with Crippen molar-refractivity contribution in [1.82, 2.24) is 0 Å². The van der Waals surface area contributed by atoms with Gasteiger partial charge in [0.1, 0.15) is 0 Å². The van der Waals surface area contributed by atoms with E-state index in [-0.39, 0.29) is 17.6 Å².